The van der Waals surface area contributed by atoms with E-state index in [0.717, 1.165) is 55.8 Å². The molecule has 5 atom stereocenters. The number of piperidine rings is 1. The van der Waals surface area contributed by atoms with E-state index in [4.69, 9.17) is 4.74 Å². The van der Waals surface area contributed by atoms with Crippen molar-refractivity contribution in [2.45, 2.75) is 87.0 Å². The number of benzene rings is 2. The molecular weight excluding hydrogens is 526 g/mol. The Morgan fingerprint density at radius 1 is 1.15 bits per heavy atom. The maximum absolute atomic E-state index is 13.2. The van der Waals surface area contributed by atoms with Crippen LogP contribution in [0.4, 0.5) is 0 Å². The van der Waals surface area contributed by atoms with Crippen molar-refractivity contribution < 1.29 is 19.7 Å². The van der Waals surface area contributed by atoms with Gasteiger partial charge in [0.15, 0.2) is 11.5 Å². The Labute approximate surface area is 240 Å². The van der Waals surface area contributed by atoms with Gasteiger partial charge in [0.05, 0.1) is 17.1 Å². The largest absolute Gasteiger partial charge is 0.504 e. The fourth-order valence-corrected chi connectivity index (χ4v) is 8.69. The number of phenolic OH excluding ortho intramolecular Hbond substituents is 1. The molecule has 5 aliphatic rings. The van der Waals surface area contributed by atoms with Crippen LogP contribution in [0, 0.1) is 5.92 Å². The molecule has 4 N–H and O–H groups in total. The Bertz CT molecular complexity index is 1470. The van der Waals surface area contributed by atoms with Crippen LogP contribution in [-0.2, 0) is 23.1 Å². The van der Waals surface area contributed by atoms with Gasteiger partial charge in [0, 0.05) is 41.7 Å². The maximum Gasteiger partial charge on any atom is 0.220 e. The second-order valence-corrected chi connectivity index (χ2v) is 12.7. The van der Waals surface area contributed by atoms with E-state index in [0.29, 0.717) is 25.0 Å². The number of aromatic amines is 1. The quantitative estimate of drug-likeness (QED) is 0.342. The number of likely N-dealkylation sites (tertiary alicyclic amines) is 1. The standard InChI is InChI=1S/C32H37N3O4.ClH/c36-25-11-10-20-16-26-32(38)13-12-24(34-27(37)7-3-4-21-17-33-23-6-2-1-5-22(21)23)30-31(32,28(20)29(25)39-30)14-15-35(26)18-19-8-9-19;/h1-2,5-6,10-11,17,19,24,26,30,33,36,38H,3-4,7-9,12-16,18H2,(H,34,37);1H/t24-,26+,30-,31-,32+;/m0./s1. The Kier molecular flexibility index (Phi) is 6.15. The molecule has 3 heterocycles. The van der Waals surface area contributed by atoms with Crippen molar-refractivity contribution in [1.82, 2.24) is 15.2 Å². The summed E-state index contributed by atoms with van der Waals surface area (Å²) in [7, 11) is 0. The molecule has 3 aliphatic carbocycles. The van der Waals surface area contributed by atoms with Gasteiger partial charge in [-0.1, -0.05) is 24.3 Å². The van der Waals surface area contributed by atoms with E-state index in [9.17, 15) is 15.0 Å². The summed E-state index contributed by atoms with van der Waals surface area (Å²) in [6.07, 6.45) is 9.19. The van der Waals surface area contributed by atoms with E-state index in [1.54, 1.807) is 6.07 Å². The topological polar surface area (TPSA) is 97.8 Å². The molecule has 3 fully saturated rings. The Hall–Kier alpha value is -2.74. The predicted octanol–water partition coefficient (Wildman–Crippen LogP) is 4.37. The molecule has 1 amide bonds. The first-order chi connectivity index (χ1) is 19.0. The summed E-state index contributed by atoms with van der Waals surface area (Å²) in [5.74, 6) is 1.46. The molecule has 1 saturated heterocycles. The van der Waals surface area contributed by atoms with E-state index in [-0.39, 0.29) is 42.3 Å². The van der Waals surface area contributed by atoms with E-state index >= 15 is 0 Å². The third kappa shape index (κ3) is 3.67. The molecule has 2 bridgehead atoms. The summed E-state index contributed by atoms with van der Waals surface area (Å²) in [5.41, 5.74) is 3.04. The highest BCUT2D eigenvalue weighted by molar-refractivity contribution is 5.85. The minimum absolute atomic E-state index is 0. The highest BCUT2D eigenvalue weighted by Gasteiger charge is 2.73. The van der Waals surface area contributed by atoms with Gasteiger partial charge >= 0.3 is 0 Å². The summed E-state index contributed by atoms with van der Waals surface area (Å²) in [5, 5.41) is 27.9. The van der Waals surface area contributed by atoms with Crippen LogP contribution in [0.5, 0.6) is 11.5 Å². The average molecular weight is 564 g/mol. The van der Waals surface area contributed by atoms with Crippen molar-refractivity contribution in [2.24, 2.45) is 5.92 Å². The molecule has 2 saturated carbocycles. The fourth-order valence-electron chi connectivity index (χ4n) is 8.69. The lowest BCUT2D eigenvalue weighted by atomic mass is 9.48. The number of phenols is 1. The van der Waals surface area contributed by atoms with Crippen LogP contribution in [0.2, 0.25) is 0 Å². The number of aliphatic hydroxyl groups is 1. The molecule has 1 aromatic heterocycles. The Morgan fingerprint density at radius 2 is 2.00 bits per heavy atom. The van der Waals surface area contributed by atoms with Crippen molar-refractivity contribution in [3.05, 3.63) is 59.3 Å². The van der Waals surface area contributed by atoms with Gasteiger partial charge in [0.1, 0.15) is 6.10 Å². The minimum Gasteiger partial charge on any atom is -0.504 e. The number of hydrogen-bond acceptors (Lipinski definition) is 5. The number of aromatic nitrogens is 1. The lowest BCUT2D eigenvalue weighted by Crippen LogP contribution is -2.78. The number of ether oxygens (including phenoxy) is 1. The predicted molar refractivity (Wildman–Crippen MR) is 155 cm³/mol. The normalized spacial score (nSPS) is 31.8. The zero-order valence-electron chi connectivity index (χ0n) is 22.7. The van der Waals surface area contributed by atoms with Crippen LogP contribution >= 0.6 is 12.4 Å². The van der Waals surface area contributed by atoms with Crippen LogP contribution in [0.15, 0.2) is 42.6 Å². The van der Waals surface area contributed by atoms with Crippen LogP contribution < -0.4 is 10.1 Å². The van der Waals surface area contributed by atoms with Crippen molar-refractivity contribution in [3.8, 4) is 11.5 Å². The summed E-state index contributed by atoms with van der Waals surface area (Å²) in [6, 6.07) is 11.9. The number of amides is 1. The number of nitrogens with one attached hydrogen (secondary N) is 2. The number of nitrogens with zero attached hydrogens (tertiary/aromatic N) is 1. The van der Waals surface area contributed by atoms with E-state index in [2.05, 4.69) is 27.3 Å². The van der Waals surface area contributed by atoms with Gasteiger partial charge in [0.25, 0.3) is 0 Å². The third-order valence-corrected chi connectivity index (χ3v) is 10.6. The van der Waals surface area contributed by atoms with Gasteiger partial charge in [-0.05, 0) is 87.1 Å². The second-order valence-electron chi connectivity index (χ2n) is 12.7. The number of hydrogen-bond donors (Lipinski definition) is 4. The van der Waals surface area contributed by atoms with Crippen molar-refractivity contribution >= 4 is 29.2 Å². The highest BCUT2D eigenvalue weighted by Crippen LogP contribution is 2.65. The first kappa shape index (κ1) is 26.2. The van der Waals surface area contributed by atoms with Crippen LogP contribution in [0.1, 0.15) is 61.6 Å². The zero-order valence-corrected chi connectivity index (χ0v) is 23.5. The lowest BCUT2D eigenvalue weighted by Gasteiger charge is -2.64. The summed E-state index contributed by atoms with van der Waals surface area (Å²) in [6.45, 7) is 1.98. The molecule has 8 heteroatoms. The Balaban J connectivity index is 0.00000264. The molecule has 212 valence electrons. The number of carbonyl (C=O) groups excluding carboxylic acids is 1. The third-order valence-electron chi connectivity index (χ3n) is 10.6. The summed E-state index contributed by atoms with van der Waals surface area (Å²) in [4.78, 5) is 19.1. The zero-order chi connectivity index (χ0) is 26.4. The molecule has 2 aliphatic heterocycles. The van der Waals surface area contributed by atoms with Crippen molar-refractivity contribution in [2.75, 3.05) is 13.1 Å². The van der Waals surface area contributed by atoms with Gasteiger partial charge in [0.2, 0.25) is 5.91 Å². The average Bonchev–Trinajstić information content (AvgIpc) is 3.54. The Morgan fingerprint density at radius 3 is 2.85 bits per heavy atom. The molecule has 40 heavy (non-hydrogen) atoms. The van der Waals surface area contributed by atoms with Crippen molar-refractivity contribution in [3.63, 3.8) is 0 Å². The number of H-pyrrole nitrogens is 1. The fraction of sp³-hybridized carbons (Fsp3) is 0.531. The smallest absolute Gasteiger partial charge is 0.220 e. The monoisotopic (exact) mass is 563 g/mol. The van der Waals surface area contributed by atoms with Gasteiger partial charge in [-0.2, -0.15) is 0 Å². The summed E-state index contributed by atoms with van der Waals surface area (Å²) >= 11 is 0. The number of carbonyl (C=O) groups is 1. The van der Waals surface area contributed by atoms with Crippen LogP contribution in [0.3, 0.4) is 0 Å². The SMILES string of the molecule is Cl.O=C(CCCc1c[nH]c2ccccc12)N[C@H]1CC[C@@]2(O)[C@H]3Cc4ccc(O)c5c4[C@@]2(CCN3CC2CC2)[C@H]1O5. The number of rotatable bonds is 7. The number of aryl methyl sites for hydroxylation is 1. The molecule has 7 nitrogen and oxygen atoms in total. The van der Waals surface area contributed by atoms with Gasteiger partial charge in [-0.25, -0.2) is 0 Å². The molecule has 1 spiro atoms. The first-order valence-corrected chi connectivity index (χ1v) is 14.8. The van der Waals surface area contributed by atoms with E-state index in [1.165, 1.54) is 29.4 Å². The van der Waals surface area contributed by atoms with Crippen LogP contribution in [-0.4, -0.2) is 62.9 Å². The number of halogens is 1. The first-order valence-electron chi connectivity index (χ1n) is 14.8. The number of para-hydroxylation sites is 1. The number of fused-ring (bicyclic) bond motifs is 1. The highest BCUT2D eigenvalue weighted by atomic mass is 35.5. The second kappa shape index (κ2) is 9.40. The maximum atomic E-state index is 13.2. The van der Waals surface area contributed by atoms with Crippen molar-refractivity contribution in [1.29, 1.82) is 0 Å². The van der Waals surface area contributed by atoms with E-state index in [1.807, 2.05) is 24.4 Å². The molecule has 3 aromatic rings. The van der Waals surface area contributed by atoms with Gasteiger partial charge in [-0.3, -0.25) is 9.69 Å². The molecule has 2 aromatic carbocycles. The molecular formula is C32H38ClN3O4. The van der Waals surface area contributed by atoms with Gasteiger partial charge < -0.3 is 25.3 Å². The van der Waals surface area contributed by atoms with Crippen LogP contribution in [0.25, 0.3) is 10.9 Å². The number of aromatic hydroxyl groups is 1. The molecule has 8 rings (SSSR count). The molecule has 0 unspecified atom stereocenters. The minimum atomic E-state index is -0.923. The van der Waals surface area contributed by atoms with E-state index < -0.39 is 11.0 Å². The summed E-state index contributed by atoms with van der Waals surface area (Å²) < 4.78 is 6.58. The van der Waals surface area contributed by atoms with Gasteiger partial charge in [-0.15, -0.1) is 12.4 Å². The molecule has 0 radical (unpaired) electrons. The lowest BCUT2D eigenvalue weighted by molar-refractivity contribution is -0.192.